The average molecular weight is 257 g/mol. The van der Waals surface area contributed by atoms with E-state index in [-0.39, 0.29) is 19.9 Å². The van der Waals surface area contributed by atoms with Crippen LogP contribution in [0.2, 0.25) is 0 Å². The van der Waals surface area contributed by atoms with E-state index in [1.165, 1.54) is 0 Å². The molecule has 0 fully saturated rings. The van der Waals surface area contributed by atoms with Gasteiger partial charge in [0.15, 0.2) is 6.54 Å². The summed E-state index contributed by atoms with van der Waals surface area (Å²) in [4.78, 5) is 11.4. The van der Waals surface area contributed by atoms with Crippen LogP contribution in [0.25, 0.3) is 0 Å². The van der Waals surface area contributed by atoms with E-state index >= 15 is 0 Å². The Bertz CT molecular complexity index is 337. The van der Waals surface area contributed by atoms with Crippen molar-refractivity contribution in [3.63, 3.8) is 0 Å². The molecule has 5 nitrogen and oxygen atoms in total. The fourth-order valence-electron chi connectivity index (χ4n) is 1.35. The standard InChI is InChI=1S/C12H21N2O3.CH4/c1-3-4-7-16-8-9-17-12(15)10-14-6-5-13(2)11-14;/h5-6,11H,3-4,7-10H2,1-2H3;1H4/q+1;. The van der Waals surface area contributed by atoms with Crippen LogP contribution in [0.3, 0.4) is 0 Å². The van der Waals surface area contributed by atoms with Gasteiger partial charge in [-0.2, -0.15) is 0 Å². The van der Waals surface area contributed by atoms with Crippen molar-refractivity contribution in [2.24, 2.45) is 7.05 Å². The Labute approximate surface area is 109 Å². The van der Waals surface area contributed by atoms with Gasteiger partial charge in [0.25, 0.3) is 0 Å². The molecule has 0 spiro atoms. The molecule has 0 saturated carbocycles. The average Bonchev–Trinajstić information content (AvgIpc) is 2.69. The Morgan fingerprint density at radius 2 is 2.11 bits per heavy atom. The molecule has 0 bridgehead atoms. The van der Waals surface area contributed by atoms with Crippen LogP contribution < -0.4 is 4.57 Å². The molecule has 104 valence electrons. The van der Waals surface area contributed by atoms with Crippen molar-refractivity contribution in [2.75, 3.05) is 19.8 Å². The molecule has 5 heteroatoms. The summed E-state index contributed by atoms with van der Waals surface area (Å²) in [5.74, 6) is -0.236. The van der Waals surface area contributed by atoms with Crippen molar-refractivity contribution in [2.45, 2.75) is 33.7 Å². The molecule has 1 aromatic rings. The summed E-state index contributed by atoms with van der Waals surface area (Å²) in [5.41, 5.74) is 0. The highest BCUT2D eigenvalue weighted by atomic mass is 16.6. The first-order valence-electron chi connectivity index (χ1n) is 5.96. The van der Waals surface area contributed by atoms with Gasteiger partial charge >= 0.3 is 5.97 Å². The molecule has 1 aromatic heterocycles. The smallest absolute Gasteiger partial charge is 0.348 e. The van der Waals surface area contributed by atoms with Gasteiger partial charge in [-0.25, -0.2) is 13.9 Å². The van der Waals surface area contributed by atoms with E-state index in [0.29, 0.717) is 13.2 Å². The first-order valence-corrected chi connectivity index (χ1v) is 5.96. The highest BCUT2D eigenvalue weighted by Crippen LogP contribution is 1.90. The fraction of sp³-hybridized carbons (Fsp3) is 0.692. The highest BCUT2D eigenvalue weighted by Gasteiger charge is 2.08. The largest absolute Gasteiger partial charge is 0.460 e. The Morgan fingerprint density at radius 1 is 1.33 bits per heavy atom. The second-order valence-corrected chi connectivity index (χ2v) is 3.94. The number of ether oxygens (including phenoxy) is 2. The van der Waals surface area contributed by atoms with Crippen molar-refractivity contribution in [1.29, 1.82) is 0 Å². The minimum atomic E-state index is -0.236. The van der Waals surface area contributed by atoms with Gasteiger partial charge in [-0.3, -0.25) is 0 Å². The van der Waals surface area contributed by atoms with Crippen LogP contribution in [0.15, 0.2) is 18.7 Å². The van der Waals surface area contributed by atoms with E-state index in [9.17, 15) is 4.79 Å². The maximum absolute atomic E-state index is 11.4. The number of hydrogen-bond donors (Lipinski definition) is 0. The molecule has 0 unspecified atom stereocenters. The predicted molar refractivity (Wildman–Crippen MR) is 69.0 cm³/mol. The Balaban J connectivity index is 0.00000289. The van der Waals surface area contributed by atoms with Crippen LogP contribution in [0.1, 0.15) is 27.2 Å². The Morgan fingerprint density at radius 3 is 2.72 bits per heavy atom. The zero-order valence-electron chi connectivity index (χ0n) is 10.6. The summed E-state index contributed by atoms with van der Waals surface area (Å²) in [6, 6.07) is 0. The summed E-state index contributed by atoms with van der Waals surface area (Å²) in [5, 5.41) is 0. The van der Waals surface area contributed by atoms with Crippen LogP contribution in [-0.2, 0) is 27.9 Å². The molecular formula is C13H25N2O3+. The number of carbonyl (C=O) groups is 1. The van der Waals surface area contributed by atoms with Gasteiger partial charge in [-0.05, 0) is 6.42 Å². The third-order valence-electron chi connectivity index (χ3n) is 2.27. The van der Waals surface area contributed by atoms with Crippen molar-refractivity contribution in [3.8, 4) is 0 Å². The number of esters is 1. The SMILES string of the molecule is C.CCCCOCCOC(=O)Cn1cc[n+](C)c1. The summed E-state index contributed by atoms with van der Waals surface area (Å²) >= 11 is 0. The number of aromatic nitrogens is 2. The maximum atomic E-state index is 11.4. The van der Waals surface area contributed by atoms with E-state index < -0.39 is 0 Å². The van der Waals surface area contributed by atoms with Crippen molar-refractivity contribution in [3.05, 3.63) is 18.7 Å². The second kappa shape index (κ2) is 9.65. The van der Waals surface area contributed by atoms with E-state index in [1.54, 1.807) is 4.57 Å². The molecule has 0 aliphatic rings. The van der Waals surface area contributed by atoms with Crippen LogP contribution in [0.5, 0.6) is 0 Å². The third-order valence-corrected chi connectivity index (χ3v) is 2.27. The first-order chi connectivity index (χ1) is 8.22. The summed E-state index contributed by atoms with van der Waals surface area (Å²) in [7, 11) is 1.91. The van der Waals surface area contributed by atoms with Crippen LogP contribution in [0, 0.1) is 0 Å². The normalized spacial score (nSPS) is 9.89. The van der Waals surface area contributed by atoms with E-state index in [0.717, 1.165) is 19.4 Å². The molecule has 0 amide bonds. The maximum Gasteiger partial charge on any atom is 0.348 e. The monoisotopic (exact) mass is 257 g/mol. The zero-order valence-corrected chi connectivity index (χ0v) is 10.6. The summed E-state index contributed by atoms with van der Waals surface area (Å²) < 4.78 is 14.0. The van der Waals surface area contributed by atoms with E-state index in [1.807, 2.05) is 30.3 Å². The summed E-state index contributed by atoms with van der Waals surface area (Å²) in [6.45, 7) is 3.90. The number of imidazole rings is 1. The summed E-state index contributed by atoms with van der Waals surface area (Å²) in [6.07, 6.45) is 7.71. The van der Waals surface area contributed by atoms with Crippen molar-refractivity contribution in [1.82, 2.24) is 4.57 Å². The number of nitrogens with zero attached hydrogens (tertiary/aromatic N) is 2. The molecule has 0 atom stereocenters. The lowest BCUT2D eigenvalue weighted by Crippen LogP contribution is -2.24. The first kappa shape index (κ1) is 16.6. The lowest BCUT2D eigenvalue weighted by Gasteiger charge is -2.04. The predicted octanol–water partition coefficient (Wildman–Crippen LogP) is 1.31. The second-order valence-electron chi connectivity index (χ2n) is 3.94. The number of unbranched alkanes of at least 4 members (excludes halogenated alkanes) is 1. The van der Waals surface area contributed by atoms with Gasteiger partial charge in [0.05, 0.1) is 13.7 Å². The molecule has 0 aliphatic carbocycles. The van der Waals surface area contributed by atoms with Crippen LogP contribution in [-0.4, -0.2) is 30.4 Å². The lowest BCUT2D eigenvalue weighted by atomic mass is 10.4. The molecule has 0 aromatic carbocycles. The number of carbonyl (C=O) groups excluding carboxylic acids is 1. The Kier molecular flexibility index (Phi) is 8.92. The third kappa shape index (κ3) is 7.06. The van der Waals surface area contributed by atoms with Gasteiger partial charge in [-0.15, -0.1) is 0 Å². The molecule has 0 N–H and O–H groups in total. The van der Waals surface area contributed by atoms with E-state index in [4.69, 9.17) is 9.47 Å². The topological polar surface area (TPSA) is 44.3 Å². The van der Waals surface area contributed by atoms with Gasteiger partial charge in [0, 0.05) is 6.61 Å². The van der Waals surface area contributed by atoms with Crippen LogP contribution in [0.4, 0.5) is 0 Å². The molecule has 18 heavy (non-hydrogen) atoms. The van der Waals surface area contributed by atoms with Crippen molar-refractivity contribution >= 4 is 5.97 Å². The number of aryl methyl sites for hydroxylation is 1. The molecular weight excluding hydrogens is 232 g/mol. The molecule has 1 heterocycles. The molecule has 0 aliphatic heterocycles. The van der Waals surface area contributed by atoms with Gasteiger partial charge in [-0.1, -0.05) is 20.8 Å². The number of hydrogen-bond acceptors (Lipinski definition) is 3. The number of rotatable bonds is 8. The van der Waals surface area contributed by atoms with Crippen LogP contribution >= 0.6 is 0 Å². The quantitative estimate of drug-likeness (QED) is 0.401. The minimum absolute atomic E-state index is 0. The minimum Gasteiger partial charge on any atom is -0.460 e. The van der Waals surface area contributed by atoms with Gasteiger partial charge in [0.1, 0.15) is 19.0 Å². The Hall–Kier alpha value is -1.36. The molecule has 1 rings (SSSR count). The van der Waals surface area contributed by atoms with E-state index in [2.05, 4.69) is 6.92 Å². The van der Waals surface area contributed by atoms with Crippen molar-refractivity contribution < 1.29 is 18.8 Å². The highest BCUT2D eigenvalue weighted by molar-refractivity contribution is 5.69. The zero-order chi connectivity index (χ0) is 12.5. The molecule has 0 radical (unpaired) electrons. The molecule has 0 saturated heterocycles. The van der Waals surface area contributed by atoms with Gasteiger partial charge < -0.3 is 9.47 Å². The fourth-order valence-corrected chi connectivity index (χ4v) is 1.35. The van der Waals surface area contributed by atoms with Gasteiger partial charge in [0.2, 0.25) is 6.33 Å². The lowest BCUT2D eigenvalue weighted by molar-refractivity contribution is -0.671.